The highest BCUT2D eigenvalue weighted by Gasteiger charge is 2.27. The number of hydrogen-bond donors (Lipinski definition) is 1. The lowest BCUT2D eigenvalue weighted by Crippen LogP contribution is -2.45. The van der Waals surface area contributed by atoms with Crippen LogP contribution in [0.25, 0.3) is 0 Å². The van der Waals surface area contributed by atoms with E-state index in [1.54, 1.807) is 0 Å². The van der Waals surface area contributed by atoms with Crippen molar-refractivity contribution in [1.29, 1.82) is 0 Å². The van der Waals surface area contributed by atoms with Gasteiger partial charge in [-0.3, -0.25) is 9.59 Å². The third kappa shape index (κ3) is 5.21. The second-order valence-corrected chi connectivity index (χ2v) is 6.76. The average molecular weight is 362 g/mol. The van der Waals surface area contributed by atoms with E-state index >= 15 is 0 Å². The van der Waals surface area contributed by atoms with Crippen LogP contribution in [-0.2, 0) is 19.1 Å². The number of piperidine rings is 1. The summed E-state index contributed by atoms with van der Waals surface area (Å²) >= 11 is 0. The molecule has 7 nitrogen and oxygen atoms in total. The largest absolute Gasteiger partial charge is 0.481 e. The summed E-state index contributed by atoms with van der Waals surface area (Å²) in [7, 11) is 0. The lowest BCUT2D eigenvalue weighted by molar-refractivity contribution is -0.154. The third-order valence-corrected chi connectivity index (χ3v) is 4.47. The highest BCUT2D eigenvalue weighted by Crippen LogP contribution is 2.24. The average Bonchev–Trinajstić information content (AvgIpc) is 2.58. The van der Waals surface area contributed by atoms with Gasteiger partial charge < -0.3 is 20.1 Å². The number of likely N-dealkylation sites (tertiary alicyclic amines) is 1. The van der Waals surface area contributed by atoms with Gasteiger partial charge in [-0.2, -0.15) is 0 Å². The second kappa shape index (κ2) is 8.69. The number of ether oxygens (including phenoxy) is 2. The van der Waals surface area contributed by atoms with Crippen molar-refractivity contribution in [3.8, 4) is 5.75 Å². The van der Waals surface area contributed by atoms with E-state index in [-0.39, 0.29) is 31.6 Å². The molecule has 0 spiro atoms. The highest BCUT2D eigenvalue weighted by atomic mass is 16.6. The van der Waals surface area contributed by atoms with E-state index in [9.17, 15) is 14.4 Å². The minimum Gasteiger partial charge on any atom is -0.481 e. The van der Waals surface area contributed by atoms with Crippen LogP contribution in [-0.4, -0.2) is 49.0 Å². The first-order valence-electron chi connectivity index (χ1n) is 8.71. The van der Waals surface area contributed by atoms with E-state index in [0.29, 0.717) is 25.1 Å². The Bertz CT molecular complexity index is 678. The zero-order valence-corrected chi connectivity index (χ0v) is 15.5. The van der Waals surface area contributed by atoms with Crippen LogP contribution in [0.4, 0.5) is 0 Å². The van der Waals surface area contributed by atoms with E-state index in [1.165, 1.54) is 4.90 Å². The van der Waals surface area contributed by atoms with E-state index in [4.69, 9.17) is 15.2 Å². The fourth-order valence-electron chi connectivity index (χ4n) is 3.24. The van der Waals surface area contributed by atoms with Gasteiger partial charge in [0, 0.05) is 13.1 Å². The SMILES string of the molecule is Cc1cc(C)c(OCC(=O)OCC(=O)N2CCC[C@@H](C(N)=O)C2)c(C)c1. The summed E-state index contributed by atoms with van der Waals surface area (Å²) in [5.74, 6) is -1.02. The van der Waals surface area contributed by atoms with Crippen LogP contribution in [0.3, 0.4) is 0 Å². The van der Waals surface area contributed by atoms with Gasteiger partial charge in [0.05, 0.1) is 5.92 Å². The molecule has 1 aromatic carbocycles. The maximum Gasteiger partial charge on any atom is 0.344 e. The van der Waals surface area contributed by atoms with Gasteiger partial charge in [0.1, 0.15) is 5.75 Å². The fourth-order valence-corrected chi connectivity index (χ4v) is 3.24. The predicted octanol–water partition coefficient (Wildman–Crippen LogP) is 1.26. The minimum atomic E-state index is -0.610. The summed E-state index contributed by atoms with van der Waals surface area (Å²) in [5.41, 5.74) is 8.31. The summed E-state index contributed by atoms with van der Waals surface area (Å²) in [6.45, 7) is 6.02. The molecule has 0 radical (unpaired) electrons. The molecule has 0 aromatic heterocycles. The topological polar surface area (TPSA) is 98.9 Å². The Morgan fingerprint density at radius 2 is 1.81 bits per heavy atom. The monoisotopic (exact) mass is 362 g/mol. The summed E-state index contributed by atoms with van der Waals surface area (Å²) in [4.78, 5) is 36.8. The molecule has 2 amide bonds. The minimum absolute atomic E-state index is 0.262. The van der Waals surface area contributed by atoms with E-state index in [0.717, 1.165) is 16.7 Å². The Morgan fingerprint density at radius 1 is 1.15 bits per heavy atom. The molecule has 1 aliphatic heterocycles. The molecular formula is C19H26N2O5. The first-order chi connectivity index (χ1) is 12.3. The van der Waals surface area contributed by atoms with Crippen molar-refractivity contribution in [3.05, 3.63) is 28.8 Å². The lowest BCUT2D eigenvalue weighted by Gasteiger charge is -2.31. The Morgan fingerprint density at radius 3 is 2.42 bits per heavy atom. The van der Waals surface area contributed by atoms with Crippen molar-refractivity contribution in [3.63, 3.8) is 0 Å². The molecule has 1 atom stereocenters. The van der Waals surface area contributed by atoms with Crippen LogP contribution in [0.1, 0.15) is 29.5 Å². The van der Waals surface area contributed by atoms with Gasteiger partial charge in [0.25, 0.3) is 5.91 Å². The molecule has 142 valence electrons. The molecule has 1 saturated heterocycles. The van der Waals surface area contributed by atoms with Crippen LogP contribution < -0.4 is 10.5 Å². The molecule has 0 unspecified atom stereocenters. The Balaban J connectivity index is 1.80. The number of esters is 1. The van der Waals surface area contributed by atoms with Gasteiger partial charge >= 0.3 is 5.97 Å². The fraction of sp³-hybridized carbons (Fsp3) is 0.526. The molecule has 0 aliphatic carbocycles. The summed E-state index contributed by atoms with van der Waals surface area (Å²) in [6, 6.07) is 3.95. The van der Waals surface area contributed by atoms with Gasteiger partial charge in [-0.25, -0.2) is 4.79 Å². The van der Waals surface area contributed by atoms with Crippen molar-refractivity contribution in [1.82, 2.24) is 4.90 Å². The Kier molecular flexibility index (Phi) is 6.60. The number of amides is 2. The van der Waals surface area contributed by atoms with Gasteiger partial charge in [0.15, 0.2) is 13.2 Å². The molecule has 2 rings (SSSR count). The van der Waals surface area contributed by atoms with Crippen molar-refractivity contribution >= 4 is 17.8 Å². The Labute approximate surface area is 153 Å². The molecule has 26 heavy (non-hydrogen) atoms. The number of rotatable bonds is 6. The van der Waals surface area contributed by atoms with Crippen LogP contribution >= 0.6 is 0 Å². The number of nitrogens with two attached hydrogens (primary N) is 1. The van der Waals surface area contributed by atoms with Gasteiger partial charge in [-0.1, -0.05) is 17.7 Å². The first-order valence-corrected chi connectivity index (χ1v) is 8.71. The number of carbonyl (C=O) groups excluding carboxylic acids is 3. The van der Waals surface area contributed by atoms with E-state index in [2.05, 4.69) is 0 Å². The molecule has 0 saturated carbocycles. The third-order valence-electron chi connectivity index (χ3n) is 4.47. The molecule has 2 N–H and O–H groups in total. The number of nitrogens with zero attached hydrogens (tertiary/aromatic N) is 1. The van der Waals surface area contributed by atoms with Gasteiger partial charge in [0.2, 0.25) is 5.91 Å². The number of benzene rings is 1. The van der Waals surface area contributed by atoms with Crippen LogP contribution in [0.2, 0.25) is 0 Å². The van der Waals surface area contributed by atoms with Crippen LogP contribution in [0.15, 0.2) is 12.1 Å². The standard InChI is InChI=1S/C19H26N2O5/c1-12-7-13(2)18(14(3)8-12)26-11-17(23)25-10-16(22)21-6-4-5-15(9-21)19(20)24/h7-8,15H,4-6,9-11H2,1-3H3,(H2,20,24)/t15-/m1/s1. The normalized spacial score (nSPS) is 16.9. The van der Waals surface area contributed by atoms with E-state index < -0.39 is 11.9 Å². The number of primary amides is 1. The zero-order valence-electron chi connectivity index (χ0n) is 15.5. The van der Waals surface area contributed by atoms with Crippen molar-refractivity contribution in [2.24, 2.45) is 11.7 Å². The molecule has 7 heteroatoms. The highest BCUT2D eigenvalue weighted by molar-refractivity contribution is 5.82. The smallest absolute Gasteiger partial charge is 0.344 e. The molecule has 1 heterocycles. The lowest BCUT2D eigenvalue weighted by atomic mass is 9.97. The van der Waals surface area contributed by atoms with Crippen molar-refractivity contribution in [2.75, 3.05) is 26.3 Å². The maximum absolute atomic E-state index is 12.1. The summed E-state index contributed by atoms with van der Waals surface area (Å²) in [6.07, 6.45) is 1.39. The molecule has 1 fully saturated rings. The molecule has 0 bridgehead atoms. The zero-order chi connectivity index (χ0) is 19.3. The predicted molar refractivity (Wildman–Crippen MR) is 95.6 cm³/mol. The van der Waals surface area contributed by atoms with Crippen LogP contribution in [0, 0.1) is 26.7 Å². The number of hydrogen-bond acceptors (Lipinski definition) is 5. The second-order valence-electron chi connectivity index (χ2n) is 6.76. The molecule has 1 aliphatic rings. The van der Waals surface area contributed by atoms with E-state index in [1.807, 2.05) is 32.9 Å². The Hall–Kier alpha value is -2.57. The van der Waals surface area contributed by atoms with Crippen molar-refractivity contribution < 1.29 is 23.9 Å². The molecular weight excluding hydrogens is 336 g/mol. The summed E-state index contributed by atoms with van der Waals surface area (Å²) in [5, 5.41) is 0. The number of carbonyl (C=O) groups is 3. The maximum atomic E-state index is 12.1. The quantitative estimate of drug-likeness (QED) is 0.768. The van der Waals surface area contributed by atoms with Gasteiger partial charge in [-0.05, 0) is 44.7 Å². The first kappa shape index (κ1) is 19.8. The molecule has 1 aromatic rings. The van der Waals surface area contributed by atoms with Crippen LogP contribution in [0.5, 0.6) is 5.75 Å². The number of aryl methyl sites for hydroxylation is 3. The summed E-state index contributed by atoms with van der Waals surface area (Å²) < 4.78 is 10.6. The van der Waals surface area contributed by atoms with Gasteiger partial charge in [-0.15, -0.1) is 0 Å². The van der Waals surface area contributed by atoms with Crippen molar-refractivity contribution in [2.45, 2.75) is 33.6 Å².